The van der Waals surface area contributed by atoms with Gasteiger partial charge in [0.05, 0.1) is 6.04 Å². The summed E-state index contributed by atoms with van der Waals surface area (Å²) in [4.78, 5) is 9.70. The lowest BCUT2D eigenvalue weighted by atomic mass is 10.2. The van der Waals surface area contributed by atoms with Crippen molar-refractivity contribution in [2.45, 2.75) is 52.0 Å². The van der Waals surface area contributed by atoms with Crippen molar-refractivity contribution in [2.75, 3.05) is 13.1 Å². The van der Waals surface area contributed by atoms with Crippen LogP contribution < -0.4 is 0 Å². The van der Waals surface area contributed by atoms with Gasteiger partial charge >= 0.3 is 0 Å². The van der Waals surface area contributed by atoms with Crippen LogP contribution in [0.25, 0.3) is 0 Å². The summed E-state index contributed by atoms with van der Waals surface area (Å²) in [6.45, 7) is 6.58. The number of nitrogens with zero attached hydrogens (tertiary/aromatic N) is 3. The molecule has 0 saturated carbocycles. The summed E-state index contributed by atoms with van der Waals surface area (Å²) < 4.78 is 5.50. The molecule has 0 N–H and O–H groups in total. The molecule has 0 aromatic carbocycles. The highest BCUT2D eigenvalue weighted by atomic mass is 32.1. The first kappa shape index (κ1) is 14.7. The van der Waals surface area contributed by atoms with Gasteiger partial charge < -0.3 is 4.52 Å². The zero-order valence-corrected chi connectivity index (χ0v) is 13.7. The van der Waals surface area contributed by atoms with Gasteiger partial charge in [-0.2, -0.15) is 4.98 Å². The summed E-state index contributed by atoms with van der Waals surface area (Å²) in [5, 5.41) is 4.15. The van der Waals surface area contributed by atoms with Crippen LogP contribution in [0, 0.1) is 6.92 Å². The Bertz CT molecular complexity index is 570. The van der Waals surface area contributed by atoms with Gasteiger partial charge in [0.25, 0.3) is 0 Å². The van der Waals surface area contributed by atoms with E-state index in [0.717, 1.165) is 31.2 Å². The molecule has 1 fully saturated rings. The minimum Gasteiger partial charge on any atom is -0.338 e. The van der Waals surface area contributed by atoms with Crippen molar-refractivity contribution < 1.29 is 4.52 Å². The van der Waals surface area contributed by atoms with E-state index in [-0.39, 0.29) is 6.04 Å². The fourth-order valence-electron chi connectivity index (χ4n) is 2.88. The third kappa shape index (κ3) is 3.71. The molecular formula is C16H23N3OS. The quantitative estimate of drug-likeness (QED) is 0.857. The number of hydrogen-bond donors (Lipinski definition) is 0. The van der Waals surface area contributed by atoms with Crippen LogP contribution in [0.4, 0.5) is 0 Å². The summed E-state index contributed by atoms with van der Waals surface area (Å²) in [5.41, 5.74) is 0. The normalized spacial score (nSPS) is 18.6. The van der Waals surface area contributed by atoms with Crippen LogP contribution in [0.3, 0.4) is 0 Å². The second-order valence-corrected chi connectivity index (χ2v) is 7.24. The predicted molar refractivity (Wildman–Crippen MR) is 84.6 cm³/mol. The van der Waals surface area contributed by atoms with Crippen molar-refractivity contribution in [1.29, 1.82) is 0 Å². The summed E-state index contributed by atoms with van der Waals surface area (Å²) in [7, 11) is 0. The zero-order chi connectivity index (χ0) is 14.7. The third-order valence-electron chi connectivity index (χ3n) is 4.16. The van der Waals surface area contributed by atoms with E-state index in [1.807, 2.05) is 0 Å². The molecular weight excluding hydrogens is 282 g/mol. The molecule has 0 bridgehead atoms. The largest absolute Gasteiger partial charge is 0.338 e. The second kappa shape index (κ2) is 6.71. The first-order valence-electron chi connectivity index (χ1n) is 7.84. The number of aromatic nitrogens is 2. The number of thiophene rings is 1. The maximum atomic E-state index is 5.50. The van der Waals surface area contributed by atoms with Crippen molar-refractivity contribution in [3.8, 4) is 0 Å². The van der Waals surface area contributed by atoms with Crippen LogP contribution in [-0.2, 0) is 6.42 Å². The van der Waals surface area contributed by atoms with E-state index >= 15 is 0 Å². The summed E-state index contributed by atoms with van der Waals surface area (Å²) in [6, 6.07) is 4.52. The van der Waals surface area contributed by atoms with Crippen molar-refractivity contribution in [3.05, 3.63) is 33.6 Å². The molecule has 1 unspecified atom stereocenters. The molecule has 0 radical (unpaired) electrons. The number of hydrogen-bond acceptors (Lipinski definition) is 5. The third-order valence-corrected chi connectivity index (χ3v) is 5.16. The Balaban J connectivity index is 1.65. The molecule has 0 spiro atoms. The molecule has 3 heterocycles. The molecule has 1 saturated heterocycles. The summed E-state index contributed by atoms with van der Waals surface area (Å²) in [6.07, 6.45) is 6.01. The lowest BCUT2D eigenvalue weighted by Gasteiger charge is -2.24. The van der Waals surface area contributed by atoms with Gasteiger partial charge in [0.2, 0.25) is 5.89 Å². The Morgan fingerprint density at radius 2 is 2.00 bits per heavy atom. The fraction of sp³-hybridized carbons (Fsp3) is 0.625. The maximum absolute atomic E-state index is 5.50. The molecule has 1 atom stereocenters. The van der Waals surface area contributed by atoms with Gasteiger partial charge in [0.15, 0.2) is 5.82 Å². The van der Waals surface area contributed by atoms with E-state index in [1.54, 1.807) is 11.3 Å². The molecule has 2 aromatic rings. The minimum atomic E-state index is 0.231. The lowest BCUT2D eigenvalue weighted by molar-refractivity contribution is 0.179. The summed E-state index contributed by atoms with van der Waals surface area (Å²) >= 11 is 1.80. The highest BCUT2D eigenvalue weighted by Crippen LogP contribution is 2.23. The van der Waals surface area contributed by atoms with Crippen LogP contribution in [-0.4, -0.2) is 28.1 Å². The Labute approximate surface area is 130 Å². The fourth-order valence-corrected chi connectivity index (χ4v) is 3.77. The van der Waals surface area contributed by atoms with Gasteiger partial charge in [0, 0.05) is 16.2 Å². The Morgan fingerprint density at radius 3 is 2.67 bits per heavy atom. The Morgan fingerprint density at radius 1 is 1.24 bits per heavy atom. The number of aryl methyl sites for hydroxylation is 1. The van der Waals surface area contributed by atoms with E-state index in [9.17, 15) is 0 Å². The average molecular weight is 305 g/mol. The topological polar surface area (TPSA) is 42.2 Å². The average Bonchev–Trinajstić information content (AvgIpc) is 3.00. The van der Waals surface area contributed by atoms with Crippen LogP contribution in [0.2, 0.25) is 0 Å². The van der Waals surface area contributed by atoms with E-state index in [4.69, 9.17) is 4.52 Å². The zero-order valence-electron chi connectivity index (χ0n) is 12.8. The first-order valence-corrected chi connectivity index (χ1v) is 8.66. The minimum absolute atomic E-state index is 0.231. The van der Waals surface area contributed by atoms with Gasteiger partial charge in [-0.05, 0) is 51.9 Å². The lowest BCUT2D eigenvalue weighted by Crippen LogP contribution is -2.28. The first-order chi connectivity index (χ1) is 10.2. The van der Waals surface area contributed by atoms with Gasteiger partial charge in [-0.25, -0.2) is 0 Å². The highest BCUT2D eigenvalue weighted by molar-refractivity contribution is 7.11. The molecule has 3 rings (SSSR count). The Hall–Kier alpha value is -1.20. The monoisotopic (exact) mass is 305 g/mol. The van der Waals surface area contributed by atoms with E-state index < -0.39 is 0 Å². The van der Waals surface area contributed by atoms with Crippen LogP contribution >= 0.6 is 11.3 Å². The van der Waals surface area contributed by atoms with Crippen LogP contribution in [0.15, 0.2) is 16.7 Å². The predicted octanol–water partition coefficient (Wildman–Crippen LogP) is 3.97. The molecule has 1 aliphatic rings. The molecule has 5 heteroatoms. The van der Waals surface area contributed by atoms with Crippen LogP contribution in [0.1, 0.15) is 60.1 Å². The molecule has 21 heavy (non-hydrogen) atoms. The van der Waals surface area contributed by atoms with Crippen LogP contribution in [0.5, 0.6) is 0 Å². The van der Waals surface area contributed by atoms with Crippen molar-refractivity contribution in [2.24, 2.45) is 0 Å². The van der Waals surface area contributed by atoms with Crippen molar-refractivity contribution in [3.63, 3.8) is 0 Å². The van der Waals surface area contributed by atoms with Crippen molar-refractivity contribution in [1.82, 2.24) is 15.0 Å². The van der Waals surface area contributed by atoms with Gasteiger partial charge in [-0.1, -0.05) is 18.0 Å². The molecule has 4 nitrogen and oxygen atoms in total. The van der Waals surface area contributed by atoms with E-state index in [2.05, 4.69) is 41.0 Å². The second-order valence-electron chi connectivity index (χ2n) is 5.86. The van der Waals surface area contributed by atoms with Gasteiger partial charge in [-0.3, -0.25) is 4.90 Å². The number of likely N-dealkylation sites (tertiary alicyclic amines) is 1. The molecule has 1 aliphatic heterocycles. The molecule has 0 aliphatic carbocycles. The highest BCUT2D eigenvalue weighted by Gasteiger charge is 2.22. The standard InChI is InChI=1S/C16H23N3OS/c1-12-7-8-14(21-12)11-15-17-16(20-18-15)13(2)19-9-5-3-4-6-10-19/h7-8,13H,3-6,9-11H2,1-2H3. The Kier molecular flexibility index (Phi) is 4.70. The van der Waals surface area contributed by atoms with Crippen molar-refractivity contribution >= 4 is 11.3 Å². The van der Waals surface area contributed by atoms with Gasteiger partial charge in [-0.15, -0.1) is 11.3 Å². The smallest absolute Gasteiger partial charge is 0.243 e. The van der Waals surface area contributed by atoms with E-state index in [1.165, 1.54) is 35.4 Å². The number of rotatable bonds is 4. The van der Waals surface area contributed by atoms with E-state index in [0.29, 0.717) is 0 Å². The SMILES string of the molecule is Cc1ccc(Cc2noc(C(C)N3CCCCCC3)n2)s1. The molecule has 114 valence electrons. The molecule has 0 amide bonds. The van der Waals surface area contributed by atoms with Gasteiger partial charge in [0.1, 0.15) is 0 Å². The summed E-state index contributed by atoms with van der Waals surface area (Å²) in [5.74, 6) is 1.56. The maximum Gasteiger partial charge on any atom is 0.243 e. The molecule has 2 aromatic heterocycles.